The number of thiophene rings is 1. The zero-order valence-electron chi connectivity index (χ0n) is 15.8. The average Bonchev–Trinajstić information content (AvgIpc) is 2.94. The number of esters is 1. The molecule has 5 heteroatoms. The molecular formula is C21H25NO3S. The van der Waals surface area contributed by atoms with Crippen molar-refractivity contribution in [2.45, 2.75) is 46.5 Å². The number of amides is 1. The molecule has 0 saturated heterocycles. The van der Waals surface area contributed by atoms with Crippen LogP contribution in [0.5, 0.6) is 0 Å². The van der Waals surface area contributed by atoms with Crippen LogP contribution >= 0.6 is 11.3 Å². The van der Waals surface area contributed by atoms with Crippen LogP contribution in [0.15, 0.2) is 18.2 Å². The molecule has 0 radical (unpaired) electrons. The topological polar surface area (TPSA) is 55.4 Å². The lowest BCUT2D eigenvalue weighted by atomic mass is 9.88. The Morgan fingerprint density at radius 1 is 1.31 bits per heavy atom. The van der Waals surface area contributed by atoms with E-state index in [1.165, 1.54) is 23.3 Å². The van der Waals surface area contributed by atoms with E-state index >= 15 is 0 Å². The lowest BCUT2D eigenvalue weighted by Crippen LogP contribution is -2.17. The van der Waals surface area contributed by atoms with Gasteiger partial charge < -0.3 is 10.1 Å². The molecule has 1 aromatic carbocycles. The zero-order valence-corrected chi connectivity index (χ0v) is 16.6. The second-order valence-electron chi connectivity index (χ2n) is 7.20. The lowest BCUT2D eigenvalue weighted by Gasteiger charge is -2.18. The van der Waals surface area contributed by atoms with Gasteiger partial charge in [-0.2, -0.15) is 0 Å². The number of rotatable bonds is 4. The van der Waals surface area contributed by atoms with Crippen molar-refractivity contribution in [3.8, 4) is 0 Å². The van der Waals surface area contributed by atoms with Gasteiger partial charge in [0, 0.05) is 4.88 Å². The Bertz CT molecular complexity index is 853. The number of ether oxygens (including phenoxy) is 1. The predicted octanol–water partition coefficient (Wildman–Crippen LogP) is 4.46. The molecule has 138 valence electrons. The molecule has 1 aromatic heterocycles. The van der Waals surface area contributed by atoms with Crippen molar-refractivity contribution < 1.29 is 14.3 Å². The highest BCUT2D eigenvalue weighted by molar-refractivity contribution is 7.17. The van der Waals surface area contributed by atoms with Crippen LogP contribution in [0, 0.1) is 19.8 Å². The third kappa shape index (κ3) is 3.83. The van der Waals surface area contributed by atoms with E-state index in [1.54, 1.807) is 0 Å². The monoisotopic (exact) mass is 371 g/mol. The number of hydrogen-bond acceptors (Lipinski definition) is 4. The van der Waals surface area contributed by atoms with Crippen LogP contribution in [-0.4, -0.2) is 19.0 Å². The van der Waals surface area contributed by atoms with E-state index in [0.29, 0.717) is 22.9 Å². The fraction of sp³-hybridized carbons (Fsp3) is 0.429. The van der Waals surface area contributed by atoms with Gasteiger partial charge in [-0.15, -0.1) is 11.3 Å². The summed E-state index contributed by atoms with van der Waals surface area (Å²) in [6.07, 6.45) is 3.18. The van der Waals surface area contributed by atoms with Crippen LogP contribution in [0.4, 0.5) is 5.00 Å². The first-order chi connectivity index (χ1) is 12.4. The molecule has 1 unspecified atom stereocenters. The van der Waals surface area contributed by atoms with Crippen molar-refractivity contribution in [1.29, 1.82) is 0 Å². The summed E-state index contributed by atoms with van der Waals surface area (Å²) in [6, 6.07) is 6.11. The standard InChI is InChI=1S/C21H25NO3S/c1-12-5-7-14(3)15(9-12)11-18(23)22-20-19(21(24)25-4)16-8-6-13(2)10-17(16)26-20/h5,7,9,13H,6,8,10-11H2,1-4H3,(H,22,23). The van der Waals surface area contributed by atoms with Gasteiger partial charge in [0.25, 0.3) is 0 Å². The Kier molecular flexibility index (Phi) is 5.47. The largest absolute Gasteiger partial charge is 0.465 e. The summed E-state index contributed by atoms with van der Waals surface area (Å²) in [6.45, 7) is 6.25. The number of carbonyl (C=O) groups is 2. The molecular weight excluding hydrogens is 346 g/mol. The first-order valence-electron chi connectivity index (χ1n) is 8.97. The minimum Gasteiger partial charge on any atom is -0.465 e. The van der Waals surface area contributed by atoms with Gasteiger partial charge in [0.15, 0.2) is 0 Å². The second-order valence-corrected chi connectivity index (χ2v) is 8.31. The number of nitrogens with one attached hydrogen (secondary N) is 1. The molecule has 1 heterocycles. The molecule has 26 heavy (non-hydrogen) atoms. The summed E-state index contributed by atoms with van der Waals surface area (Å²) in [5.74, 6) is 0.139. The summed E-state index contributed by atoms with van der Waals surface area (Å²) in [5, 5.41) is 3.60. The van der Waals surface area contributed by atoms with E-state index < -0.39 is 0 Å². The molecule has 1 amide bonds. The Morgan fingerprint density at radius 2 is 2.08 bits per heavy atom. The quantitative estimate of drug-likeness (QED) is 0.808. The van der Waals surface area contributed by atoms with Crippen molar-refractivity contribution in [3.63, 3.8) is 0 Å². The number of anilines is 1. The van der Waals surface area contributed by atoms with Gasteiger partial charge in [0.2, 0.25) is 5.91 Å². The van der Waals surface area contributed by atoms with Crippen molar-refractivity contribution >= 4 is 28.2 Å². The SMILES string of the molecule is COC(=O)c1c(NC(=O)Cc2cc(C)ccc2C)sc2c1CCC(C)C2. The van der Waals surface area contributed by atoms with E-state index in [2.05, 4.69) is 12.2 Å². The summed E-state index contributed by atoms with van der Waals surface area (Å²) in [5.41, 5.74) is 4.85. The molecule has 0 bridgehead atoms. The van der Waals surface area contributed by atoms with Crippen LogP contribution in [-0.2, 0) is 28.8 Å². The Balaban J connectivity index is 1.86. The smallest absolute Gasteiger partial charge is 0.341 e. The Morgan fingerprint density at radius 3 is 2.81 bits per heavy atom. The maximum Gasteiger partial charge on any atom is 0.341 e. The van der Waals surface area contributed by atoms with Crippen LogP contribution in [0.2, 0.25) is 0 Å². The molecule has 3 rings (SSSR count). The minimum atomic E-state index is -0.362. The molecule has 0 spiro atoms. The van der Waals surface area contributed by atoms with Gasteiger partial charge in [-0.3, -0.25) is 4.79 Å². The zero-order chi connectivity index (χ0) is 18.8. The summed E-state index contributed by atoms with van der Waals surface area (Å²) >= 11 is 1.52. The molecule has 1 aliphatic carbocycles. The highest BCUT2D eigenvalue weighted by Gasteiger charge is 2.28. The molecule has 0 aliphatic heterocycles. The molecule has 2 aromatic rings. The molecule has 1 aliphatic rings. The van der Waals surface area contributed by atoms with Crippen molar-refractivity contribution in [2.75, 3.05) is 12.4 Å². The number of fused-ring (bicyclic) bond motifs is 1. The predicted molar refractivity (Wildman–Crippen MR) is 105 cm³/mol. The second kappa shape index (κ2) is 7.62. The van der Waals surface area contributed by atoms with Gasteiger partial charge in [-0.25, -0.2) is 4.79 Å². The maximum atomic E-state index is 12.6. The average molecular weight is 372 g/mol. The van der Waals surface area contributed by atoms with Crippen molar-refractivity contribution in [1.82, 2.24) is 0 Å². The van der Waals surface area contributed by atoms with E-state index in [4.69, 9.17) is 4.74 Å². The molecule has 4 nitrogen and oxygen atoms in total. The number of methoxy groups -OCH3 is 1. The normalized spacial score (nSPS) is 16.1. The molecule has 0 fully saturated rings. The first kappa shape index (κ1) is 18.6. The highest BCUT2D eigenvalue weighted by atomic mass is 32.1. The summed E-state index contributed by atoms with van der Waals surface area (Å²) in [4.78, 5) is 26.1. The van der Waals surface area contributed by atoms with Gasteiger partial charge in [-0.05, 0) is 55.7 Å². The third-order valence-corrected chi connectivity index (χ3v) is 6.18. The van der Waals surface area contributed by atoms with Crippen LogP contribution in [0.3, 0.4) is 0 Å². The van der Waals surface area contributed by atoms with E-state index in [0.717, 1.165) is 41.5 Å². The molecule has 1 N–H and O–H groups in total. The third-order valence-electron chi connectivity index (χ3n) is 5.01. The highest BCUT2D eigenvalue weighted by Crippen LogP contribution is 2.40. The Hall–Kier alpha value is -2.14. The maximum absolute atomic E-state index is 12.6. The van der Waals surface area contributed by atoms with Gasteiger partial charge in [-0.1, -0.05) is 30.7 Å². The fourth-order valence-corrected chi connectivity index (χ4v) is 4.91. The van der Waals surface area contributed by atoms with E-state index in [9.17, 15) is 9.59 Å². The van der Waals surface area contributed by atoms with Gasteiger partial charge >= 0.3 is 5.97 Å². The number of hydrogen-bond donors (Lipinski definition) is 1. The number of benzene rings is 1. The van der Waals surface area contributed by atoms with Gasteiger partial charge in [0.1, 0.15) is 5.00 Å². The first-order valence-corrected chi connectivity index (χ1v) is 9.79. The molecule has 0 saturated carbocycles. The summed E-state index contributed by atoms with van der Waals surface area (Å²) < 4.78 is 4.98. The fourth-order valence-electron chi connectivity index (χ4n) is 3.49. The number of aryl methyl sites for hydroxylation is 2. The van der Waals surface area contributed by atoms with Crippen LogP contribution < -0.4 is 5.32 Å². The number of carbonyl (C=O) groups excluding carboxylic acids is 2. The van der Waals surface area contributed by atoms with Crippen molar-refractivity contribution in [3.05, 3.63) is 50.9 Å². The van der Waals surface area contributed by atoms with E-state index in [1.807, 2.05) is 32.0 Å². The van der Waals surface area contributed by atoms with Gasteiger partial charge in [0.05, 0.1) is 19.1 Å². The molecule has 1 atom stereocenters. The minimum absolute atomic E-state index is 0.101. The van der Waals surface area contributed by atoms with Crippen LogP contribution in [0.25, 0.3) is 0 Å². The Labute approximate surface area is 158 Å². The van der Waals surface area contributed by atoms with E-state index in [-0.39, 0.29) is 11.9 Å². The summed E-state index contributed by atoms with van der Waals surface area (Å²) in [7, 11) is 1.39. The van der Waals surface area contributed by atoms with Crippen LogP contribution in [0.1, 0.15) is 50.8 Å². The lowest BCUT2D eigenvalue weighted by molar-refractivity contribution is -0.115. The van der Waals surface area contributed by atoms with Crippen molar-refractivity contribution in [2.24, 2.45) is 5.92 Å².